The number of rotatable bonds is 8. The van der Waals surface area contributed by atoms with E-state index in [1.54, 1.807) is 13.2 Å². The SMILES string of the molecule is CCNC(=O)N(Cc1nn(-c2ccccc2OC)c2c1CN(Cc1ccccc1F)CC2)C1CC1. The maximum Gasteiger partial charge on any atom is 0.317 e. The van der Waals surface area contributed by atoms with Crippen molar-refractivity contribution in [3.63, 3.8) is 0 Å². The summed E-state index contributed by atoms with van der Waals surface area (Å²) in [4.78, 5) is 17.0. The van der Waals surface area contributed by atoms with Crippen LogP contribution >= 0.6 is 0 Å². The fraction of sp³-hybridized carbons (Fsp3) is 0.407. The first-order valence-electron chi connectivity index (χ1n) is 12.3. The number of benzene rings is 2. The van der Waals surface area contributed by atoms with Crippen molar-refractivity contribution in [1.82, 2.24) is 24.9 Å². The third kappa shape index (κ3) is 4.89. The van der Waals surface area contributed by atoms with Crippen LogP contribution in [0.15, 0.2) is 48.5 Å². The first-order chi connectivity index (χ1) is 17.1. The molecule has 1 aliphatic carbocycles. The van der Waals surface area contributed by atoms with Crippen LogP contribution in [0.5, 0.6) is 5.75 Å². The number of aromatic nitrogens is 2. The number of methoxy groups -OCH3 is 1. The van der Waals surface area contributed by atoms with Gasteiger partial charge in [0.25, 0.3) is 0 Å². The molecule has 3 aromatic rings. The highest BCUT2D eigenvalue weighted by Gasteiger charge is 2.35. The molecular formula is C27H32FN5O2. The number of ether oxygens (including phenoxy) is 1. The second-order valence-electron chi connectivity index (χ2n) is 9.20. The minimum absolute atomic E-state index is 0.0467. The minimum Gasteiger partial charge on any atom is -0.494 e. The van der Waals surface area contributed by atoms with Gasteiger partial charge in [0.15, 0.2) is 0 Å². The first-order valence-corrected chi connectivity index (χ1v) is 12.3. The molecule has 2 aliphatic rings. The topological polar surface area (TPSA) is 62.6 Å². The van der Waals surface area contributed by atoms with Crippen molar-refractivity contribution in [2.75, 3.05) is 20.2 Å². The van der Waals surface area contributed by atoms with E-state index in [2.05, 4.69) is 10.2 Å². The van der Waals surface area contributed by atoms with Gasteiger partial charge in [-0.15, -0.1) is 0 Å². The molecule has 0 atom stereocenters. The number of hydrogen-bond acceptors (Lipinski definition) is 4. The molecule has 1 saturated carbocycles. The molecule has 2 aromatic carbocycles. The summed E-state index contributed by atoms with van der Waals surface area (Å²) >= 11 is 0. The van der Waals surface area contributed by atoms with E-state index in [9.17, 15) is 9.18 Å². The van der Waals surface area contributed by atoms with Crippen LogP contribution in [0.1, 0.15) is 42.3 Å². The predicted octanol–water partition coefficient (Wildman–Crippen LogP) is 4.27. The molecule has 0 spiro atoms. The number of amides is 2. The minimum atomic E-state index is -0.181. The Labute approximate surface area is 205 Å². The van der Waals surface area contributed by atoms with Crippen molar-refractivity contribution in [3.05, 3.63) is 76.9 Å². The Morgan fingerprint density at radius 3 is 2.71 bits per heavy atom. The molecule has 0 bridgehead atoms. The first kappa shape index (κ1) is 23.4. The van der Waals surface area contributed by atoms with Crippen LogP contribution in [0.25, 0.3) is 5.69 Å². The average Bonchev–Trinajstić information content (AvgIpc) is 3.65. The molecule has 0 saturated heterocycles. The van der Waals surface area contributed by atoms with E-state index in [0.717, 1.165) is 54.2 Å². The Kier molecular flexibility index (Phi) is 6.72. The Balaban J connectivity index is 1.50. The normalized spacial score (nSPS) is 15.5. The molecule has 35 heavy (non-hydrogen) atoms. The predicted molar refractivity (Wildman–Crippen MR) is 132 cm³/mol. The van der Waals surface area contributed by atoms with Crippen LogP contribution in [0.3, 0.4) is 0 Å². The average molecular weight is 478 g/mol. The van der Waals surface area contributed by atoms with Crippen LogP contribution in [-0.4, -0.2) is 51.9 Å². The van der Waals surface area contributed by atoms with Gasteiger partial charge >= 0.3 is 6.03 Å². The van der Waals surface area contributed by atoms with Crippen molar-refractivity contribution in [1.29, 1.82) is 0 Å². The highest BCUT2D eigenvalue weighted by atomic mass is 19.1. The lowest BCUT2D eigenvalue weighted by Gasteiger charge is -2.29. The van der Waals surface area contributed by atoms with E-state index < -0.39 is 0 Å². The summed E-state index contributed by atoms with van der Waals surface area (Å²) in [6.07, 6.45) is 2.82. The fourth-order valence-corrected chi connectivity index (χ4v) is 4.84. The molecule has 1 aliphatic heterocycles. The van der Waals surface area contributed by atoms with Crippen molar-refractivity contribution in [2.24, 2.45) is 0 Å². The number of para-hydroxylation sites is 2. The lowest BCUT2D eigenvalue weighted by Crippen LogP contribution is -2.41. The standard InChI is InChI=1S/C27H32FN5O2/c1-3-29-27(34)32(20-12-13-20)18-23-21-17-31(16-19-8-4-5-9-22(19)28)15-14-24(21)33(30-23)25-10-6-7-11-26(25)35-2/h4-11,20H,3,12-18H2,1-2H3,(H,29,34). The summed E-state index contributed by atoms with van der Waals surface area (Å²) in [5.41, 5.74) is 4.71. The Bertz CT molecular complexity index is 1210. The van der Waals surface area contributed by atoms with Gasteiger partial charge in [0.1, 0.15) is 17.3 Å². The van der Waals surface area contributed by atoms with Crippen molar-refractivity contribution < 1.29 is 13.9 Å². The lowest BCUT2D eigenvalue weighted by atomic mass is 10.0. The highest BCUT2D eigenvalue weighted by Crippen LogP contribution is 2.33. The number of fused-ring (bicyclic) bond motifs is 1. The summed E-state index contributed by atoms with van der Waals surface area (Å²) in [7, 11) is 1.66. The lowest BCUT2D eigenvalue weighted by molar-refractivity contribution is 0.191. The van der Waals surface area contributed by atoms with Crippen LogP contribution in [0.4, 0.5) is 9.18 Å². The van der Waals surface area contributed by atoms with E-state index >= 15 is 0 Å². The quantitative estimate of drug-likeness (QED) is 0.526. The summed E-state index contributed by atoms with van der Waals surface area (Å²) < 4.78 is 22.0. The monoisotopic (exact) mass is 477 g/mol. The van der Waals surface area contributed by atoms with Gasteiger partial charge in [-0.3, -0.25) is 4.90 Å². The van der Waals surface area contributed by atoms with Crippen LogP contribution in [0, 0.1) is 5.82 Å². The Hall–Kier alpha value is -3.39. The molecule has 1 N–H and O–H groups in total. The van der Waals surface area contributed by atoms with Gasteiger partial charge in [-0.1, -0.05) is 30.3 Å². The molecular weight excluding hydrogens is 445 g/mol. The number of hydrogen-bond donors (Lipinski definition) is 1. The number of carbonyl (C=O) groups is 1. The maximum atomic E-state index is 14.3. The van der Waals surface area contributed by atoms with Gasteiger partial charge in [0, 0.05) is 49.8 Å². The summed E-state index contributed by atoms with van der Waals surface area (Å²) in [6.45, 7) is 4.96. The number of nitrogens with one attached hydrogen (secondary N) is 1. The molecule has 0 unspecified atom stereocenters. The molecule has 184 valence electrons. The molecule has 7 nitrogen and oxygen atoms in total. The molecule has 8 heteroatoms. The zero-order valence-electron chi connectivity index (χ0n) is 20.3. The van der Waals surface area contributed by atoms with Crippen molar-refractivity contribution in [3.8, 4) is 11.4 Å². The van der Waals surface area contributed by atoms with Crippen molar-refractivity contribution >= 4 is 6.03 Å². The van der Waals surface area contributed by atoms with Crippen LogP contribution < -0.4 is 10.1 Å². The summed E-state index contributed by atoms with van der Waals surface area (Å²) in [5.74, 6) is 0.570. The molecule has 5 rings (SSSR count). The van der Waals surface area contributed by atoms with E-state index in [1.807, 2.05) is 52.9 Å². The summed E-state index contributed by atoms with van der Waals surface area (Å²) in [5, 5.41) is 7.99. The number of nitrogens with zero attached hydrogens (tertiary/aromatic N) is 4. The van der Waals surface area contributed by atoms with Crippen molar-refractivity contribution in [2.45, 2.75) is 51.9 Å². The third-order valence-corrected chi connectivity index (χ3v) is 6.78. The zero-order valence-corrected chi connectivity index (χ0v) is 20.3. The molecule has 2 heterocycles. The smallest absolute Gasteiger partial charge is 0.317 e. The molecule has 2 amide bonds. The highest BCUT2D eigenvalue weighted by molar-refractivity contribution is 5.74. The van der Waals surface area contributed by atoms with Crippen LogP contribution in [-0.2, 0) is 26.1 Å². The second kappa shape index (κ2) is 10.1. The van der Waals surface area contributed by atoms with Gasteiger partial charge < -0.3 is 15.0 Å². The molecule has 1 aromatic heterocycles. The number of carbonyl (C=O) groups excluding carboxylic acids is 1. The van der Waals surface area contributed by atoms with Gasteiger partial charge in [-0.2, -0.15) is 5.10 Å². The van der Waals surface area contributed by atoms with Gasteiger partial charge in [0.2, 0.25) is 0 Å². The summed E-state index contributed by atoms with van der Waals surface area (Å²) in [6, 6.07) is 15.0. The third-order valence-electron chi connectivity index (χ3n) is 6.78. The van der Waals surface area contributed by atoms with E-state index in [1.165, 1.54) is 6.07 Å². The number of urea groups is 1. The molecule has 1 fully saturated rings. The number of halogens is 1. The van der Waals surface area contributed by atoms with E-state index in [-0.39, 0.29) is 17.9 Å². The maximum absolute atomic E-state index is 14.3. The van der Waals surface area contributed by atoms with E-state index in [0.29, 0.717) is 31.7 Å². The zero-order chi connectivity index (χ0) is 24.4. The van der Waals surface area contributed by atoms with Crippen LogP contribution in [0.2, 0.25) is 0 Å². The largest absolute Gasteiger partial charge is 0.494 e. The van der Waals surface area contributed by atoms with Gasteiger partial charge in [-0.05, 0) is 38.0 Å². The fourth-order valence-electron chi connectivity index (χ4n) is 4.84. The van der Waals surface area contributed by atoms with Gasteiger partial charge in [0.05, 0.1) is 25.0 Å². The molecule has 0 radical (unpaired) electrons. The Morgan fingerprint density at radius 2 is 1.97 bits per heavy atom. The van der Waals surface area contributed by atoms with E-state index in [4.69, 9.17) is 9.84 Å². The second-order valence-corrected chi connectivity index (χ2v) is 9.20. The van der Waals surface area contributed by atoms with Gasteiger partial charge in [-0.25, -0.2) is 13.9 Å². The Morgan fingerprint density at radius 1 is 1.20 bits per heavy atom.